The van der Waals surface area contributed by atoms with Crippen LogP contribution < -0.4 is 5.32 Å². The predicted molar refractivity (Wildman–Crippen MR) is 133 cm³/mol. The van der Waals surface area contributed by atoms with Gasteiger partial charge in [-0.2, -0.15) is 13.2 Å². The Labute approximate surface area is 215 Å². The maximum absolute atomic E-state index is 13.7. The molecule has 1 atom stereocenters. The lowest BCUT2D eigenvalue weighted by atomic mass is 9.90. The highest BCUT2D eigenvalue weighted by Crippen LogP contribution is 2.30. The molecule has 0 saturated carbocycles. The van der Waals surface area contributed by atoms with E-state index in [2.05, 4.69) is 15.1 Å². The number of amides is 2. The van der Waals surface area contributed by atoms with Crippen LogP contribution in [0.5, 0.6) is 5.75 Å². The van der Waals surface area contributed by atoms with E-state index in [0.717, 1.165) is 31.5 Å². The highest BCUT2D eigenvalue weighted by Gasteiger charge is 2.46. The second-order valence-electron chi connectivity index (χ2n) is 9.15. The zero-order valence-electron chi connectivity index (χ0n) is 20.8. The molecular weight excluding hydrogens is 488 g/mol. The van der Waals surface area contributed by atoms with E-state index < -0.39 is 24.0 Å². The zero-order chi connectivity index (χ0) is 26.8. The summed E-state index contributed by atoms with van der Waals surface area (Å²) >= 11 is 0. The van der Waals surface area contributed by atoms with Crippen LogP contribution in [-0.2, 0) is 20.7 Å². The molecule has 2 amide bonds. The van der Waals surface area contributed by atoms with E-state index in [0.29, 0.717) is 25.4 Å². The van der Waals surface area contributed by atoms with Crippen molar-refractivity contribution < 1.29 is 32.5 Å². The maximum Gasteiger partial charge on any atom is 0.471 e. The van der Waals surface area contributed by atoms with Gasteiger partial charge in [-0.1, -0.05) is 12.1 Å². The number of benzene rings is 1. The number of carbonyl (C=O) groups excluding carboxylic acids is 2. The molecule has 2 N–H and O–H groups in total. The number of hydrogen-bond acceptors (Lipinski definition) is 6. The molecule has 0 aliphatic carbocycles. The number of carbonyl (C=O) groups is 2. The Kier molecular flexibility index (Phi) is 10.3. The van der Waals surface area contributed by atoms with Crippen LogP contribution in [0.1, 0.15) is 36.4 Å². The minimum atomic E-state index is -5.14. The monoisotopic (exact) mass is 520 g/mol. The van der Waals surface area contributed by atoms with Crippen molar-refractivity contribution >= 4 is 19.4 Å². The fraction of sp³-hybridized carbons (Fsp3) is 0.480. The standard InChI is InChI=1S/C25H32BF3N4O4/c1-37-26-32-15-9-19(10-16-32)11-17-33(24(36)25(27,28)29)22(20-2-4-21(34)5-3-20)23(35)31-14-8-18-6-12-30-13-7-18/h2-7,12-13,19,22,26,34H,8-11,14-17H2,1H3,(H,31,35). The molecule has 1 aliphatic rings. The first-order valence-electron chi connectivity index (χ1n) is 12.2. The highest BCUT2D eigenvalue weighted by molar-refractivity contribution is 6.23. The summed E-state index contributed by atoms with van der Waals surface area (Å²) < 4.78 is 46.2. The number of halogens is 3. The van der Waals surface area contributed by atoms with Gasteiger partial charge in [0.1, 0.15) is 11.8 Å². The number of aromatic nitrogens is 1. The summed E-state index contributed by atoms with van der Waals surface area (Å²) in [6.45, 7) is 1.45. The average Bonchev–Trinajstić information content (AvgIpc) is 2.88. The molecule has 1 fully saturated rings. The molecule has 1 aromatic carbocycles. The predicted octanol–water partition coefficient (Wildman–Crippen LogP) is 2.59. The van der Waals surface area contributed by atoms with Crippen LogP contribution in [0.15, 0.2) is 48.8 Å². The summed E-state index contributed by atoms with van der Waals surface area (Å²) in [5.74, 6) is -2.76. The third-order valence-electron chi connectivity index (χ3n) is 6.53. The lowest BCUT2D eigenvalue weighted by molar-refractivity contribution is -0.189. The molecular formula is C25H32BF3N4O4. The normalized spacial score (nSPS) is 15.7. The van der Waals surface area contributed by atoms with Gasteiger partial charge >= 0.3 is 19.7 Å². The van der Waals surface area contributed by atoms with Gasteiger partial charge in [0.2, 0.25) is 5.91 Å². The minimum Gasteiger partial charge on any atom is -0.508 e. The fourth-order valence-corrected chi connectivity index (χ4v) is 4.52. The molecule has 0 spiro atoms. The van der Waals surface area contributed by atoms with Crippen LogP contribution in [-0.4, -0.2) is 78.7 Å². The lowest BCUT2D eigenvalue weighted by Crippen LogP contribution is -2.49. The van der Waals surface area contributed by atoms with Crippen LogP contribution in [0, 0.1) is 5.92 Å². The van der Waals surface area contributed by atoms with E-state index in [1.54, 1.807) is 31.6 Å². The van der Waals surface area contributed by atoms with Gasteiger partial charge in [-0.25, -0.2) is 0 Å². The highest BCUT2D eigenvalue weighted by atomic mass is 19.4. The van der Waals surface area contributed by atoms with Gasteiger partial charge in [-0.05, 0) is 80.1 Å². The van der Waals surface area contributed by atoms with Gasteiger partial charge in [0, 0.05) is 32.6 Å². The number of hydrogen-bond donors (Lipinski definition) is 2. The summed E-state index contributed by atoms with van der Waals surface area (Å²) in [7, 11) is 2.10. The van der Waals surface area contributed by atoms with Crippen LogP contribution >= 0.6 is 0 Å². The van der Waals surface area contributed by atoms with E-state index >= 15 is 0 Å². The molecule has 1 saturated heterocycles. The summed E-state index contributed by atoms with van der Waals surface area (Å²) in [5, 5.41) is 12.4. The van der Waals surface area contributed by atoms with Crippen molar-refractivity contribution in [2.45, 2.75) is 37.9 Å². The van der Waals surface area contributed by atoms with Gasteiger partial charge in [0.05, 0.1) is 0 Å². The van der Waals surface area contributed by atoms with Crippen LogP contribution in [0.3, 0.4) is 0 Å². The van der Waals surface area contributed by atoms with Gasteiger partial charge in [0.15, 0.2) is 0 Å². The third-order valence-corrected chi connectivity index (χ3v) is 6.53. The molecule has 1 aliphatic heterocycles. The van der Waals surface area contributed by atoms with E-state index in [1.807, 2.05) is 0 Å². The van der Waals surface area contributed by atoms with Crippen LogP contribution in [0.2, 0.25) is 0 Å². The molecule has 1 aromatic heterocycles. The van der Waals surface area contributed by atoms with E-state index in [-0.39, 0.29) is 30.3 Å². The Balaban J connectivity index is 1.78. The molecule has 0 bridgehead atoms. The van der Waals surface area contributed by atoms with Crippen molar-refractivity contribution in [3.8, 4) is 5.75 Å². The number of aromatic hydroxyl groups is 1. The van der Waals surface area contributed by atoms with Crippen molar-refractivity contribution in [1.82, 2.24) is 20.0 Å². The molecule has 2 heterocycles. The number of rotatable bonds is 11. The Morgan fingerprint density at radius 1 is 1.19 bits per heavy atom. The van der Waals surface area contributed by atoms with Gasteiger partial charge in [0.25, 0.3) is 0 Å². The van der Waals surface area contributed by atoms with E-state index in [1.165, 1.54) is 24.3 Å². The van der Waals surface area contributed by atoms with E-state index in [9.17, 15) is 27.9 Å². The van der Waals surface area contributed by atoms with Gasteiger partial charge in [-0.3, -0.25) is 14.6 Å². The Bertz CT molecular complexity index is 1000. The number of nitrogens with zero attached hydrogens (tertiary/aromatic N) is 3. The molecule has 1 unspecified atom stereocenters. The number of phenols is 1. The molecule has 200 valence electrons. The first kappa shape index (κ1) is 28.5. The topological polar surface area (TPSA) is 95.0 Å². The van der Waals surface area contributed by atoms with Gasteiger partial charge in [-0.15, -0.1) is 0 Å². The van der Waals surface area contributed by atoms with Crippen molar-refractivity contribution in [2.24, 2.45) is 5.92 Å². The first-order valence-corrected chi connectivity index (χ1v) is 12.2. The van der Waals surface area contributed by atoms with Crippen molar-refractivity contribution in [3.05, 3.63) is 59.9 Å². The number of nitrogens with one attached hydrogen (secondary N) is 1. The number of alkyl halides is 3. The molecule has 37 heavy (non-hydrogen) atoms. The number of piperidine rings is 1. The average molecular weight is 520 g/mol. The second kappa shape index (κ2) is 13.4. The second-order valence-corrected chi connectivity index (χ2v) is 9.15. The summed E-state index contributed by atoms with van der Waals surface area (Å²) in [6, 6.07) is 7.36. The lowest BCUT2D eigenvalue weighted by Gasteiger charge is -2.35. The Morgan fingerprint density at radius 3 is 2.43 bits per heavy atom. The number of pyridine rings is 1. The summed E-state index contributed by atoms with van der Waals surface area (Å²) in [6.07, 6.45) is 0.387. The zero-order valence-corrected chi connectivity index (χ0v) is 20.8. The maximum atomic E-state index is 13.7. The van der Waals surface area contributed by atoms with E-state index in [4.69, 9.17) is 4.65 Å². The Morgan fingerprint density at radius 2 is 1.84 bits per heavy atom. The SMILES string of the molecule is COBN1CCC(CCN(C(=O)C(F)(F)F)C(C(=O)NCCc2ccncc2)c2ccc(O)cc2)CC1. The Hall–Kier alpha value is -3.12. The van der Waals surface area contributed by atoms with Crippen molar-refractivity contribution in [1.29, 1.82) is 0 Å². The van der Waals surface area contributed by atoms with Crippen molar-refractivity contribution in [3.63, 3.8) is 0 Å². The van der Waals surface area contributed by atoms with Crippen LogP contribution in [0.4, 0.5) is 13.2 Å². The van der Waals surface area contributed by atoms with Crippen LogP contribution in [0.25, 0.3) is 0 Å². The third kappa shape index (κ3) is 8.46. The quantitative estimate of drug-likeness (QED) is 0.443. The molecule has 0 radical (unpaired) electrons. The fourth-order valence-electron chi connectivity index (χ4n) is 4.52. The summed E-state index contributed by atoms with van der Waals surface area (Å²) in [5.41, 5.74) is 1.09. The minimum absolute atomic E-state index is 0.0999. The largest absolute Gasteiger partial charge is 0.508 e. The first-order chi connectivity index (χ1) is 17.7. The molecule has 3 rings (SSSR count). The smallest absolute Gasteiger partial charge is 0.471 e. The molecule has 2 aromatic rings. The summed E-state index contributed by atoms with van der Waals surface area (Å²) in [4.78, 5) is 32.6. The molecule has 12 heteroatoms. The molecule has 8 nitrogen and oxygen atoms in total. The van der Waals surface area contributed by atoms with Crippen molar-refractivity contribution in [2.75, 3.05) is 33.3 Å². The van der Waals surface area contributed by atoms with Gasteiger partial charge < -0.3 is 24.8 Å². The number of phenolic OH excluding ortho intramolecular Hbond substituents is 1.